The van der Waals surface area contributed by atoms with Crippen LogP contribution < -0.4 is 5.32 Å². The smallest absolute Gasteiger partial charge is 0.226 e. The topological polar surface area (TPSA) is 41.3 Å². The predicted molar refractivity (Wildman–Crippen MR) is 79.3 cm³/mol. The van der Waals surface area contributed by atoms with Crippen LogP contribution in [-0.2, 0) is 6.54 Å². The second-order valence-corrected chi connectivity index (χ2v) is 5.49. The molecule has 2 heterocycles. The summed E-state index contributed by atoms with van der Waals surface area (Å²) in [6, 6.07) is 6.84. The van der Waals surface area contributed by atoms with E-state index >= 15 is 0 Å². The van der Waals surface area contributed by atoms with Crippen molar-refractivity contribution in [3.05, 3.63) is 42.0 Å². The van der Waals surface area contributed by atoms with E-state index in [4.69, 9.17) is 4.42 Å². The molecule has 1 aromatic carbocycles. The molecule has 0 spiro atoms. The van der Waals surface area contributed by atoms with Crippen molar-refractivity contribution in [2.45, 2.75) is 25.4 Å². The minimum Gasteiger partial charge on any atom is -0.444 e. The third-order valence-electron chi connectivity index (χ3n) is 4.02. The summed E-state index contributed by atoms with van der Waals surface area (Å²) in [5, 5.41) is 3.33. The number of hydrogen-bond donors (Lipinski definition) is 1. The van der Waals surface area contributed by atoms with Crippen LogP contribution in [-0.4, -0.2) is 36.1 Å². The van der Waals surface area contributed by atoms with Gasteiger partial charge in [0.2, 0.25) is 5.89 Å². The number of piperidine rings is 1. The molecule has 112 valence electrons. The van der Waals surface area contributed by atoms with Crippen LogP contribution in [0.4, 0.5) is 4.39 Å². The molecule has 2 aromatic rings. The van der Waals surface area contributed by atoms with Crippen LogP contribution in [0.5, 0.6) is 0 Å². The van der Waals surface area contributed by atoms with Crippen molar-refractivity contribution in [3.8, 4) is 11.5 Å². The van der Waals surface area contributed by atoms with Gasteiger partial charge in [-0.15, -0.1) is 0 Å². The molecular weight excluding hydrogens is 269 g/mol. The van der Waals surface area contributed by atoms with Crippen LogP contribution in [0, 0.1) is 5.82 Å². The molecule has 0 saturated carbocycles. The molecule has 1 N–H and O–H groups in total. The Morgan fingerprint density at radius 3 is 2.67 bits per heavy atom. The van der Waals surface area contributed by atoms with Gasteiger partial charge in [0, 0.05) is 31.2 Å². The molecule has 1 fully saturated rings. The molecule has 0 unspecified atom stereocenters. The summed E-state index contributed by atoms with van der Waals surface area (Å²) >= 11 is 0. The number of nitrogens with one attached hydrogen (secondary N) is 1. The zero-order chi connectivity index (χ0) is 14.7. The first kappa shape index (κ1) is 14.2. The van der Waals surface area contributed by atoms with Crippen LogP contribution in [0.1, 0.15) is 18.5 Å². The van der Waals surface area contributed by atoms with Crippen molar-refractivity contribution in [2.75, 3.05) is 20.1 Å². The van der Waals surface area contributed by atoms with Crippen molar-refractivity contribution in [2.24, 2.45) is 0 Å². The van der Waals surface area contributed by atoms with E-state index in [9.17, 15) is 4.39 Å². The average Bonchev–Trinajstić information content (AvgIpc) is 2.97. The first-order valence-electron chi connectivity index (χ1n) is 7.34. The zero-order valence-electron chi connectivity index (χ0n) is 12.2. The summed E-state index contributed by atoms with van der Waals surface area (Å²) in [6.07, 6.45) is 4.03. The SMILES string of the molecule is CNC1CCN(Cc2coc(-c3ccc(F)cc3)n2)CC1. The van der Waals surface area contributed by atoms with Gasteiger partial charge < -0.3 is 9.73 Å². The fourth-order valence-electron chi connectivity index (χ4n) is 2.71. The Morgan fingerprint density at radius 1 is 1.29 bits per heavy atom. The third-order valence-corrected chi connectivity index (χ3v) is 4.02. The Balaban J connectivity index is 1.62. The number of benzene rings is 1. The van der Waals surface area contributed by atoms with Crippen LogP contribution >= 0.6 is 0 Å². The van der Waals surface area contributed by atoms with Gasteiger partial charge in [-0.25, -0.2) is 9.37 Å². The van der Waals surface area contributed by atoms with Crippen molar-refractivity contribution < 1.29 is 8.81 Å². The number of oxazole rings is 1. The molecule has 5 heteroatoms. The molecule has 4 nitrogen and oxygen atoms in total. The monoisotopic (exact) mass is 289 g/mol. The summed E-state index contributed by atoms with van der Waals surface area (Å²) in [7, 11) is 2.02. The van der Waals surface area contributed by atoms with E-state index in [-0.39, 0.29) is 5.82 Å². The minimum atomic E-state index is -0.252. The van der Waals surface area contributed by atoms with Gasteiger partial charge in [-0.3, -0.25) is 4.90 Å². The van der Waals surface area contributed by atoms with Gasteiger partial charge in [0.05, 0.1) is 5.69 Å². The molecule has 21 heavy (non-hydrogen) atoms. The summed E-state index contributed by atoms with van der Waals surface area (Å²) in [5.41, 5.74) is 1.73. The molecule has 1 saturated heterocycles. The number of halogens is 1. The molecule has 0 bridgehead atoms. The molecule has 0 aliphatic carbocycles. The fourth-order valence-corrected chi connectivity index (χ4v) is 2.71. The molecule has 3 rings (SSSR count). The highest BCUT2D eigenvalue weighted by molar-refractivity contribution is 5.52. The van der Waals surface area contributed by atoms with Crippen LogP contribution in [0.25, 0.3) is 11.5 Å². The first-order chi connectivity index (χ1) is 10.2. The van der Waals surface area contributed by atoms with Crippen molar-refractivity contribution in [3.63, 3.8) is 0 Å². The van der Waals surface area contributed by atoms with Crippen LogP contribution in [0.15, 0.2) is 34.9 Å². The second kappa shape index (κ2) is 6.37. The third kappa shape index (κ3) is 3.49. The minimum absolute atomic E-state index is 0.252. The molecule has 1 aliphatic heterocycles. The van der Waals surface area contributed by atoms with Crippen LogP contribution in [0.2, 0.25) is 0 Å². The fraction of sp³-hybridized carbons (Fsp3) is 0.438. The highest BCUT2D eigenvalue weighted by Gasteiger charge is 2.19. The maximum Gasteiger partial charge on any atom is 0.226 e. The van der Waals surface area contributed by atoms with Gasteiger partial charge in [-0.05, 0) is 44.2 Å². The maximum absolute atomic E-state index is 12.9. The number of hydrogen-bond acceptors (Lipinski definition) is 4. The van der Waals surface area contributed by atoms with Gasteiger partial charge in [0.15, 0.2) is 0 Å². The lowest BCUT2D eigenvalue weighted by Gasteiger charge is -2.31. The van der Waals surface area contributed by atoms with Gasteiger partial charge >= 0.3 is 0 Å². The lowest BCUT2D eigenvalue weighted by atomic mass is 10.1. The molecule has 1 aliphatic rings. The highest BCUT2D eigenvalue weighted by Crippen LogP contribution is 2.20. The van der Waals surface area contributed by atoms with E-state index in [2.05, 4.69) is 15.2 Å². The highest BCUT2D eigenvalue weighted by atomic mass is 19.1. The number of nitrogens with zero attached hydrogens (tertiary/aromatic N) is 2. The van der Waals surface area contributed by atoms with E-state index in [0.717, 1.165) is 30.9 Å². The maximum atomic E-state index is 12.9. The van der Waals surface area contributed by atoms with Crippen molar-refractivity contribution in [1.82, 2.24) is 15.2 Å². The van der Waals surface area contributed by atoms with Gasteiger partial charge in [0.25, 0.3) is 0 Å². The summed E-state index contributed by atoms with van der Waals surface area (Å²) in [4.78, 5) is 6.89. The Morgan fingerprint density at radius 2 is 2.00 bits per heavy atom. The summed E-state index contributed by atoms with van der Waals surface area (Å²) < 4.78 is 18.4. The lowest BCUT2D eigenvalue weighted by Crippen LogP contribution is -2.40. The quantitative estimate of drug-likeness (QED) is 0.939. The molecule has 0 atom stereocenters. The molecule has 1 aromatic heterocycles. The second-order valence-electron chi connectivity index (χ2n) is 5.49. The average molecular weight is 289 g/mol. The number of rotatable bonds is 4. The Bertz CT molecular complexity index is 573. The number of likely N-dealkylation sites (tertiary alicyclic amines) is 1. The van der Waals surface area contributed by atoms with Crippen LogP contribution in [0.3, 0.4) is 0 Å². The van der Waals surface area contributed by atoms with Crippen molar-refractivity contribution in [1.29, 1.82) is 0 Å². The Kier molecular flexibility index (Phi) is 4.31. The normalized spacial score (nSPS) is 17.2. The molecular formula is C16H20FN3O. The predicted octanol–water partition coefficient (Wildman–Crippen LogP) is 2.66. The van der Waals surface area contributed by atoms with E-state index < -0.39 is 0 Å². The standard InChI is InChI=1S/C16H20FN3O/c1-18-14-6-8-20(9-7-14)10-15-11-21-16(19-15)12-2-4-13(17)5-3-12/h2-5,11,14,18H,6-10H2,1H3. The molecule has 0 amide bonds. The lowest BCUT2D eigenvalue weighted by molar-refractivity contribution is 0.192. The zero-order valence-corrected chi connectivity index (χ0v) is 12.2. The van der Waals surface area contributed by atoms with E-state index in [1.807, 2.05) is 7.05 Å². The summed E-state index contributed by atoms with van der Waals surface area (Å²) in [5.74, 6) is 0.299. The summed E-state index contributed by atoms with van der Waals surface area (Å²) in [6.45, 7) is 2.95. The number of aromatic nitrogens is 1. The Labute approximate surface area is 124 Å². The van der Waals surface area contributed by atoms with Gasteiger partial charge in [-0.1, -0.05) is 0 Å². The van der Waals surface area contributed by atoms with Gasteiger partial charge in [-0.2, -0.15) is 0 Å². The largest absolute Gasteiger partial charge is 0.444 e. The Hall–Kier alpha value is -1.72. The molecule has 0 radical (unpaired) electrons. The van der Waals surface area contributed by atoms with Crippen molar-refractivity contribution >= 4 is 0 Å². The first-order valence-corrected chi connectivity index (χ1v) is 7.34. The van der Waals surface area contributed by atoms with E-state index in [1.54, 1.807) is 18.4 Å². The van der Waals surface area contributed by atoms with E-state index in [0.29, 0.717) is 11.9 Å². The van der Waals surface area contributed by atoms with E-state index in [1.165, 1.54) is 25.0 Å². The van der Waals surface area contributed by atoms with Gasteiger partial charge in [0.1, 0.15) is 12.1 Å².